The Kier molecular flexibility index (Phi) is 4.42. The number of aliphatic hydroxyl groups excluding tert-OH is 1. The van der Waals surface area contributed by atoms with Crippen molar-refractivity contribution in [2.75, 3.05) is 19.8 Å². The Bertz CT molecular complexity index is 172. The van der Waals surface area contributed by atoms with Crippen LogP contribution in [0.1, 0.15) is 19.8 Å². The van der Waals surface area contributed by atoms with E-state index in [0.29, 0.717) is 12.5 Å². The molecule has 0 amide bonds. The molecule has 2 unspecified atom stereocenters. The lowest BCUT2D eigenvalue weighted by Gasteiger charge is -2.13. The van der Waals surface area contributed by atoms with E-state index in [1.54, 1.807) is 0 Å². The minimum absolute atomic E-state index is 0.275. The maximum absolute atomic E-state index is 9.22. The van der Waals surface area contributed by atoms with Gasteiger partial charge in [0.2, 0.25) is 0 Å². The highest BCUT2D eigenvalue weighted by Gasteiger charge is 2.29. The maximum atomic E-state index is 9.22. The topological polar surface area (TPSA) is 55.5 Å². The first kappa shape index (κ1) is 10.7. The summed E-state index contributed by atoms with van der Waals surface area (Å²) in [5.41, 5.74) is 6.58. The summed E-state index contributed by atoms with van der Waals surface area (Å²) in [5, 5.41) is 9.22. The second kappa shape index (κ2) is 5.37. The van der Waals surface area contributed by atoms with Crippen molar-refractivity contribution >= 4 is 0 Å². The number of nitrogens with two attached hydrogens (primary N) is 1. The molecule has 0 fully saturated rings. The van der Waals surface area contributed by atoms with Gasteiger partial charge in [-0.1, -0.05) is 0 Å². The molecular weight excluding hydrogens is 166 g/mol. The van der Waals surface area contributed by atoms with E-state index in [-0.39, 0.29) is 6.10 Å². The van der Waals surface area contributed by atoms with E-state index in [4.69, 9.17) is 10.5 Å². The summed E-state index contributed by atoms with van der Waals surface area (Å²) < 4.78 is 5.35. The molecule has 0 aromatic rings. The molecular formula is C10H19NO2. The van der Waals surface area contributed by atoms with E-state index in [9.17, 15) is 5.11 Å². The van der Waals surface area contributed by atoms with Crippen LogP contribution in [0, 0.1) is 5.92 Å². The van der Waals surface area contributed by atoms with Gasteiger partial charge in [-0.15, -0.1) is 0 Å². The molecule has 13 heavy (non-hydrogen) atoms. The van der Waals surface area contributed by atoms with Gasteiger partial charge in [0.1, 0.15) is 0 Å². The fourth-order valence-electron chi connectivity index (χ4n) is 1.48. The molecule has 0 radical (unpaired) electrons. The third-order valence-electron chi connectivity index (χ3n) is 2.33. The maximum Gasteiger partial charge on any atom is 0.0940 e. The first-order valence-electron chi connectivity index (χ1n) is 4.97. The number of aliphatic hydroxyl groups is 1. The molecule has 2 atom stereocenters. The van der Waals surface area contributed by atoms with Crippen LogP contribution in [0.2, 0.25) is 0 Å². The Hall–Kier alpha value is -0.380. The number of ether oxygens (including phenoxy) is 1. The van der Waals surface area contributed by atoms with E-state index in [1.807, 2.05) is 13.0 Å². The van der Waals surface area contributed by atoms with Crippen molar-refractivity contribution in [3.63, 3.8) is 0 Å². The molecule has 0 spiro atoms. The third kappa shape index (κ3) is 3.46. The second-order valence-electron chi connectivity index (χ2n) is 3.40. The van der Waals surface area contributed by atoms with Crippen LogP contribution in [0.3, 0.4) is 0 Å². The van der Waals surface area contributed by atoms with Gasteiger partial charge in [-0.25, -0.2) is 0 Å². The van der Waals surface area contributed by atoms with Crippen molar-refractivity contribution in [3.8, 4) is 0 Å². The summed E-state index contributed by atoms with van der Waals surface area (Å²) in [4.78, 5) is 0. The van der Waals surface area contributed by atoms with Crippen molar-refractivity contribution in [3.05, 3.63) is 11.6 Å². The zero-order valence-corrected chi connectivity index (χ0v) is 8.20. The Morgan fingerprint density at radius 3 is 2.85 bits per heavy atom. The molecule has 3 nitrogen and oxygen atoms in total. The minimum atomic E-state index is -0.275. The monoisotopic (exact) mass is 185 g/mol. The lowest BCUT2D eigenvalue weighted by atomic mass is 10.0. The standard InChI is InChI=1S/C10H19NO2/c1-2-13-7-8(4-3-5-11)9-6-10(9)12/h6,8,10,12H,2-5,7,11H2,1H3. The molecule has 1 aliphatic rings. The van der Waals surface area contributed by atoms with E-state index >= 15 is 0 Å². The Morgan fingerprint density at radius 2 is 2.38 bits per heavy atom. The van der Waals surface area contributed by atoms with Crippen LogP contribution >= 0.6 is 0 Å². The van der Waals surface area contributed by atoms with Crippen LogP contribution in [0.5, 0.6) is 0 Å². The second-order valence-corrected chi connectivity index (χ2v) is 3.40. The van der Waals surface area contributed by atoms with Crippen molar-refractivity contribution in [2.45, 2.75) is 25.9 Å². The third-order valence-corrected chi connectivity index (χ3v) is 2.33. The van der Waals surface area contributed by atoms with E-state index in [0.717, 1.165) is 31.6 Å². The molecule has 3 heteroatoms. The summed E-state index contributed by atoms with van der Waals surface area (Å²) in [5.74, 6) is 0.387. The summed E-state index contributed by atoms with van der Waals surface area (Å²) in [6.07, 6.45) is 3.64. The molecule has 1 rings (SSSR count). The van der Waals surface area contributed by atoms with E-state index in [2.05, 4.69) is 0 Å². The van der Waals surface area contributed by atoms with Crippen molar-refractivity contribution < 1.29 is 9.84 Å². The lowest BCUT2D eigenvalue weighted by Crippen LogP contribution is -2.13. The largest absolute Gasteiger partial charge is 0.385 e. The molecule has 0 aromatic carbocycles. The lowest BCUT2D eigenvalue weighted by molar-refractivity contribution is 0.115. The van der Waals surface area contributed by atoms with Crippen LogP contribution < -0.4 is 5.73 Å². The van der Waals surface area contributed by atoms with Gasteiger partial charge in [0, 0.05) is 12.5 Å². The summed E-state index contributed by atoms with van der Waals surface area (Å²) in [7, 11) is 0. The van der Waals surface area contributed by atoms with Crippen LogP contribution in [-0.4, -0.2) is 31.0 Å². The predicted octanol–water partition coefficient (Wildman–Crippen LogP) is 0.679. The number of rotatable bonds is 7. The Balaban J connectivity index is 2.23. The SMILES string of the molecule is CCOCC(CCCN)C1=CC1O. The molecule has 0 saturated carbocycles. The van der Waals surface area contributed by atoms with Crippen LogP contribution in [-0.2, 0) is 4.74 Å². The van der Waals surface area contributed by atoms with Crippen LogP contribution in [0.25, 0.3) is 0 Å². The summed E-state index contributed by atoms with van der Waals surface area (Å²) in [6, 6.07) is 0. The zero-order chi connectivity index (χ0) is 9.68. The molecule has 0 saturated heterocycles. The molecule has 0 heterocycles. The molecule has 0 aliphatic heterocycles. The van der Waals surface area contributed by atoms with Gasteiger partial charge in [-0.05, 0) is 38.0 Å². The smallest absolute Gasteiger partial charge is 0.0940 e. The fourth-order valence-corrected chi connectivity index (χ4v) is 1.48. The minimum Gasteiger partial charge on any atom is -0.385 e. The van der Waals surface area contributed by atoms with Gasteiger partial charge in [0.05, 0.1) is 12.7 Å². The van der Waals surface area contributed by atoms with Crippen molar-refractivity contribution in [1.82, 2.24) is 0 Å². The van der Waals surface area contributed by atoms with Gasteiger partial charge in [-0.2, -0.15) is 0 Å². The quantitative estimate of drug-likeness (QED) is 0.573. The predicted molar refractivity (Wildman–Crippen MR) is 52.4 cm³/mol. The van der Waals surface area contributed by atoms with Crippen LogP contribution in [0.4, 0.5) is 0 Å². The van der Waals surface area contributed by atoms with Crippen LogP contribution in [0.15, 0.2) is 11.6 Å². The van der Waals surface area contributed by atoms with Gasteiger partial charge >= 0.3 is 0 Å². The zero-order valence-electron chi connectivity index (χ0n) is 8.20. The average Bonchev–Trinajstić information content (AvgIpc) is 2.83. The van der Waals surface area contributed by atoms with Crippen molar-refractivity contribution in [2.24, 2.45) is 11.7 Å². The molecule has 76 valence electrons. The van der Waals surface area contributed by atoms with E-state index in [1.165, 1.54) is 0 Å². The molecule has 3 N–H and O–H groups in total. The first-order valence-corrected chi connectivity index (χ1v) is 4.97. The van der Waals surface area contributed by atoms with Crippen molar-refractivity contribution in [1.29, 1.82) is 0 Å². The van der Waals surface area contributed by atoms with E-state index < -0.39 is 0 Å². The number of hydrogen-bond acceptors (Lipinski definition) is 3. The molecule has 0 aromatic heterocycles. The normalized spacial score (nSPS) is 22.7. The Labute approximate surface area is 79.6 Å². The molecule has 0 bridgehead atoms. The number of hydrogen-bond donors (Lipinski definition) is 2. The first-order chi connectivity index (χ1) is 6.29. The van der Waals surface area contributed by atoms with Gasteiger partial charge in [0.25, 0.3) is 0 Å². The highest BCUT2D eigenvalue weighted by molar-refractivity contribution is 5.33. The summed E-state index contributed by atoms with van der Waals surface area (Å²) in [6.45, 7) is 4.16. The Morgan fingerprint density at radius 1 is 1.69 bits per heavy atom. The summed E-state index contributed by atoms with van der Waals surface area (Å²) >= 11 is 0. The fraction of sp³-hybridized carbons (Fsp3) is 0.800. The highest BCUT2D eigenvalue weighted by Crippen LogP contribution is 2.31. The van der Waals surface area contributed by atoms with Gasteiger partial charge < -0.3 is 15.6 Å². The van der Waals surface area contributed by atoms with Gasteiger partial charge in [0.15, 0.2) is 0 Å². The highest BCUT2D eigenvalue weighted by atomic mass is 16.5. The average molecular weight is 185 g/mol. The van der Waals surface area contributed by atoms with Gasteiger partial charge in [-0.3, -0.25) is 0 Å². The molecule has 1 aliphatic carbocycles.